The van der Waals surface area contributed by atoms with Gasteiger partial charge < -0.3 is 5.11 Å². The maximum atomic E-state index is 12.2. The van der Waals surface area contributed by atoms with Crippen molar-refractivity contribution in [1.29, 1.82) is 0 Å². The molecule has 0 radical (unpaired) electrons. The summed E-state index contributed by atoms with van der Waals surface area (Å²) in [6, 6.07) is 3.68. The van der Waals surface area contributed by atoms with Gasteiger partial charge in [-0.3, -0.25) is 9.78 Å². The number of nitrogens with zero attached hydrogens (tertiary/aromatic N) is 2. The highest BCUT2D eigenvalue weighted by Crippen LogP contribution is 2.18. The third kappa shape index (κ3) is 4.48. The fourth-order valence-electron chi connectivity index (χ4n) is 2.32. The summed E-state index contributed by atoms with van der Waals surface area (Å²) >= 11 is 0. The Kier molecular flexibility index (Phi) is 5.27. The van der Waals surface area contributed by atoms with E-state index in [2.05, 4.69) is 9.71 Å². The minimum absolute atomic E-state index is 0.0392. The molecule has 1 aromatic heterocycles. The number of carboxylic acids is 1. The molecule has 0 saturated carbocycles. The summed E-state index contributed by atoms with van der Waals surface area (Å²) < 4.78 is 28.0. The fraction of sp³-hybridized carbons (Fsp3) is 0.538. The van der Waals surface area contributed by atoms with E-state index in [-0.39, 0.29) is 13.1 Å². The van der Waals surface area contributed by atoms with Crippen molar-refractivity contribution >= 4 is 16.2 Å². The lowest BCUT2D eigenvalue weighted by molar-refractivity contribution is -0.142. The van der Waals surface area contributed by atoms with E-state index >= 15 is 0 Å². The molecular weight excluding hydrogens is 294 g/mol. The van der Waals surface area contributed by atoms with Gasteiger partial charge >= 0.3 is 5.97 Å². The van der Waals surface area contributed by atoms with Gasteiger partial charge in [-0.15, -0.1) is 0 Å². The molecule has 1 atom stereocenters. The van der Waals surface area contributed by atoms with Crippen molar-refractivity contribution in [2.75, 3.05) is 19.6 Å². The average molecular weight is 313 g/mol. The third-order valence-corrected chi connectivity index (χ3v) is 5.07. The number of nitrogens with one attached hydrogen (secondary N) is 1. The van der Waals surface area contributed by atoms with Crippen molar-refractivity contribution in [2.45, 2.75) is 19.3 Å². The topological polar surface area (TPSA) is 99.6 Å². The molecule has 1 unspecified atom stereocenters. The smallest absolute Gasteiger partial charge is 0.307 e. The standard InChI is InChI=1S/C13H19N3O4S/c17-13(18)12-4-2-8-16(10-12)21(19,20)15-7-5-11-3-1-6-14-9-11/h1,3,6,9,12,15H,2,4-5,7-8,10H2,(H,17,18). The third-order valence-electron chi connectivity index (χ3n) is 3.49. The van der Waals surface area contributed by atoms with Crippen molar-refractivity contribution in [2.24, 2.45) is 5.92 Å². The predicted octanol–water partition coefficient (Wildman–Crippen LogP) is 0.255. The molecule has 21 heavy (non-hydrogen) atoms. The number of aromatic nitrogens is 1. The molecule has 7 nitrogen and oxygen atoms in total. The normalized spacial score (nSPS) is 20.3. The van der Waals surface area contributed by atoms with Crippen LogP contribution >= 0.6 is 0 Å². The minimum Gasteiger partial charge on any atom is -0.481 e. The molecule has 1 fully saturated rings. The Balaban J connectivity index is 1.88. The Hall–Kier alpha value is -1.51. The lowest BCUT2D eigenvalue weighted by Gasteiger charge is -2.29. The fourth-order valence-corrected chi connectivity index (χ4v) is 3.61. The second kappa shape index (κ2) is 6.97. The number of pyridine rings is 1. The summed E-state index contributed by atoms with van der Waals surface area (Å²) in [5, 5.41) is 9.00. The Morgan fingerprint density at radius 3 is 3.00 bits per heavy atom. The quantitative estimate of drug-likeness (QED) is 0.784. The molecular formula is C13H19N3O4S. The molecule has 2 rings (SSSR count). The van der Waals surface area contributed by atoms with Gasteiger partial charge in [0.25, 0.3) is 10.2 Å². The zero-order chi connectivity index (χ0) is 15.3. The lowest BCUT2D eigenvalue weighted by atomic mass is 10.0. The van der Waals surface area contributed by atoms with Gasteiger partial charge in [-0.1, -0.05) is 6.07 Å². The number of carboxylic acid groups (broad SMARTS) is 1. The van der Waals surface area contributed by atoms with Crippen LogP contribution in [0.2, 0.25) is 0 Å². The van der Waals surface area contributed by atoms with E-state index in [1.807, 2.05) is 6.07 Å². The van der Waals surface area contributed by atoms with Crippen molar-refractivity contribution in [3.63, 3.8) is 0 Å². The summed E-state index contributed by atoms with van der Waals surface area (Å²) in [4.78, 5) is 14.9. The van der Waals surface area contributed by atoms with Gasteiger partial charge in [-0.05, 0) is 30.9 Å². The Labute approximate surface area is 124 Å². The second-order valence-electron chi connectivity index (χ2n) is 5.05. The molecule has 1 aliphatic heterocycles. The number of carbonyl (C=O) groups is 1. The van der Waals surface area contributed by atoms with Crippen LogP contribution in [0.3, 0.4) is 0 Å². The summed E-state index contributed by atoms with van der Waals surface area (Å²) in [5.41, 5.74) is 0.947. The van der Waals surface area contributed by atoms with Gasteiger partial charge in [0.15, 0.2) is 0 Å². The van der Waals surface area contributed by atoms with Crippen LogP contribution in [0.15, 0.2) is 24.5 Å². The monoisotopic (exact) mass is 313 g/mol. The highest BCUT2D eigenvalue weighted by atomic mass is 32.2. The molecule has 1 saturated heterocycles. The van der Waals surface area contributed by atoms with Crippen LogP contribution in [0.4, 0.5) is 0 Å². The van der Waals surface area contributed by atoms with Gasteiger partial charge in [-0.25, -0.2) is 4.72 Å². The van der Waals surface area contributed by atoms with Gasteiger partial charge in [-0.2, -0.15) is 12.7 Å². The zero-order valence-electron chi connectivity index (χ0n) is 11.6. The van der Waals surface area contributed by atoms with Gasteiger partial charge in [0.05, 0.1) is 5.92 Å². The number of rotatable bonds is 6. The lowest BCUT2D eigenvalue weighted by Crippen LogP contribution is -2.47. The van der Waals surface area contributed by atoms with E-state index in [4.69, 9.17) is 5.11 Å². The molecule has 0 amide bonds. The largest absolute Gasteiger partial charge is 0.481 e. The molecule has 1 aliphatic rings. The molecule has 2 heterocycles. The van der Waals surface area contributed by atoms with E-state index < -0.39 is 22.1 Å². The van der Waals surface area contributed by atoms with E-state index in [0.29, 0.717) is 25.8 Å². The van der Waals surface area contributed by atoms with E-state index in [1.165, 1.54) is 4.31 Å². The van der Waals surface area contributed by atoms with E-state index in [9.17, 15) is 13.2 Å². The Bertz CT molecular complexity index is 576. The molecule has 116 valence electrons. The summed E-state index contributed by atoms with van der Waals surface area (Å²) in [5.74, 6) is -1.56. The summed E-state index contributed by atoms with van der Waals surface area (Å²) in [7, 11) is -3.62. The Morgan fingerprint density at radius 2 is 2.33 bits per heavy atom. The minimum atomic E-state index is -3.62. The zero-order valence-corrected chi connectivity index (χ0v) is 12.4. The molecule has 2 N–H and O–H groups in total. The molecule has 0 spiro atoms. The van der Waals surface area contributed by atoms with Crippen molar-refractivity contribution in [1.82, 2.24) is 14.0 Å². The maximum Gasteiger partial charge on any atom is 0.307 e. The molecule has 0 bridgehead atoms. The predicted molar refractivity (Wildman–Crippen MR) is 76.8 cm³/mol. The van der Waals surface area contributed by atoms with Gasteiger partial charge in [0, 0.05) is 32.0 Å². The SMILES string of the molecule is O=C(O)C1CCCN(S(=O)(=O)NCCc2cccnc2)C1. The number of hydrogen-bond acceptors (Lipinski definition) is 4. The van der Waals surface area contributed by atoms with Crippen LogP contribution in [-0.4, -0.2) is 48.4 Å². The first-order chi connectivity index (χ1) is 9.99. The average Bonchev–Trinajstić information content (AvgIpc) is 2.48. The van der Waals surface area contributed by atoms with Crippen molar-refractivity contribution in [3.05, 3.63) is 30.1 Å². The van der Waals surface area contributed by atoms with Crippen LogP contribution in [0.1, 0.15) is 18.4 Å². The summed E-state index contributed by atoms with van der Waals surface area (Å²) in [6.07, 6.45) is 4.99. The highest BCUT2D eigenvalue weighted by molar-refractivity contribution is 7.87. The number of aliphatic carboxylic acids is 1. The molecule has 1 aromatic rings. The first-order valence-corrected chi connectivity index (χ1v) is 8.29. The maximum absolute atomic E-state index is 12.2. The van der Waals surface area contributed by atoms with E-state index in [1.54, 1.807) is 18.5 Å². The van der Waals surface area contributed by atoms with Crippen LogP contribution < -0.4 is 4.72 Å². The highest BCUT2D eigenvalue weighted by Gasteiger charge is 2.31. The second-order valence-corrected chi connectivity index (χ2v) is 6.80. The molecule has 0 aliphatic carbocycles. The molecule has 0 aromatic carbocycles. The van der Waals surface area contributed by atoms with Crippen LogP contribution in [0.25, 0.3) is 0 Å². The number of piperidine rings is 1. The first kappa shape index (κ1) is 15.9. The van der Waals surface area contributed by atoms with Crippen molar-refractivity contribution < 1.29 is 18.3 Å². The number of hydrogen-bond donors (Lipinski definition) is 2. The molecule has 8 heteroatoms. The first-order valence-electron chi connectivity index (χ1n) is 6.85. The van der Waals surface area contributed by atoms with E-state index in [0.717, 1.165) is 5.56 Å². The van der Waals surface area contributed by atoms with Crippen LogP contribution in [0.5, 0.6) is 0 Å². The van der Waals surface area contributed by atoms with Gasteiger partial charge in [0.1, 0.15) is 0 Å². The van der Waals surface area contributed by atoms with Crippen molar-refractivity contribution in [3.8, 4) is 0 Å². The Morgan fingerprint density at radius 1 is 1.52 bits per heavy atom. The van der Waals surface area contributed by atoms with Crippen LogP contribution in [0, 0.1) is 5.92 Å². The summed E-state index contributed by atoms with van der Waals surface area (Å²) in [6.45, 7) is 0.672. The van der Waals surface area contributed by atoms with Gasteiger partial charge in [0.2, 0.25) is 0 Å². The van der Waals surface area contributed by atoms with Crippen LogP contribution in [-0.2, 0) is 21.4 Å².